The lowest BCUT2D eigenvalue weighted by Crippen LogP contribution is -2.22. The molecule has 100 valence electrons. The highest BCUT2D eigenvalue weighted by Gasteiger charge is 2.22. The van der Waals surface area contributed by atoms with Crippen LogP contribution in [0.4, 0.5) is 0 Å². The van der Waals surface area contributed by atoms with Crippen LogP contribution in [0.2, 0.25) is 0 Å². The van der Waals surface area contributed by atoms with E-state index < -0.39 is 21.6 Å². The summed E-state index contributed by atoms with van der Waals surface area (Å²) in [5.74, 6) is -1.33. The minimum absolute atomic E-state index is 0.189. The lowest BCUT2D eigenvalue weighted by molar-refractivity contribution is -0.144. The van der Waals surface area contributed by atoms with Crippen LogP contribution in [0.5, 0.6) is 0 Å². The molecule has 0 aliphatic rings. The van der Waals surface area contributed by atoms with Crippen LogP contribution in [-0.4, -0.2) is 26.2 Å². The van der Waals surface area contributed by atoms with Crippen molar-refractivity contribution in [1.29, 1.82) is 0 Å². The normalized spacial score (nSPS) is 11.6. The fraction of sp³-hybridized carbons (Fsp3) is 0.462. The number of hydrogen-bond acceptors (Lipinski definition) is 4. The van der Waals surface area contributed by atoms with Gasteiger partial charge in [0.2, 0.25) is 0 Å². The van der Waals surface area contributed by atoms with Crippen LogP contribution in [0.15, 0.2) is 23.1 Å². The molecule has 0 bridgehead atoms. The van der Waals surface area contributed by atoms with Gasteiger partial charge in [0, 0.05) is 0 Å². The van der Waals surface area contributed by atoms with Crippen molar-refractivity contribution in [2.75, 3.05) is 5.75 Å². The highest BCUT2D eigenvalue weighted by atomic mass is 32.2. The highest BCUT2D eigenvalue weighted by Crippen LogP contribution is 2.18. The molecule has 0 fully saturated rings. The van der Waals surface area contributed by atoms with Crippen molar-refractivity contribution >= 4 is 15.8 Å². The number of sulfone groups is 1. The molecule has 0 saturated heterocycles. The topological polar surface area (TPSA) is 60.4 Å². The number of aryl methyl sites for hydroxylation is 2. The molecule has 5 heteroatoms. The summed E-state index contributed by atoms with van der Waals surface area (Å²) < 4.78 is 29.0. The molecule has 0 atom stereocenters. The molecule has 0 heterocycles. The maximum Gasteiger partial charge on any atom is 0.321 e. The second kappa shape index (κ2) is 5.52. The van der Waals surface area contributed by atoms with Gasteiger partial charge in [-0.3, -0.25) is 4.79 Å². The second-order valence-corrected chi connectivity index (χ2v) is 6.52. The summed E-state index contributed by atoms with van der Waals surface area (Å²) in [4.78, 5) is 11.6. The molecule has 0 amide bonds. The number of carbonyl (C=O) groups excluding carboxylic acids is 1. The number of ether oxygens (including phenoxy) is 1. The lowest BCUT2D eigenvalue weighted by Gasteiger charge is -2.10. The first-order valence-electron chi connectivity index (χ1n) is 5.72. The molecule has 4 nitrogen and oxygen atoms in total. The Labute approximate surface area is 108 Å². The van der Waals surface area contributed by atoms with Crippen molar-refractivity contribution in [2.24, 2.45) is 0 Å². The summed E-state index contributed by atoms with van der Waals surface area (Å²) >= 11 is 0. The van der Waals surface area contributed by atoms with Gasteiger partial charge in [0.05, 0.1) is 11.0 Å². The van der Waals surface area contributed by atoms with E-state index in [9.17, 15) is 13.2 Å². The first-order valence-corrected chi connectivity index (χ1v) is 7.37. The van der Waals surface area contributed by atoms with E-state index in [2.05, 4.69) is 0 Å². The van der Waals surface area contributed by atoms with Gasteiger partial charge in [-0.05, 0) is 39.3 Å². The molecule has 1 aromatic carbocycles. The van der Waals surface area contributed by atoms with Crippen molar-refractivity contribution in [1.82, 2.24) is 0 Å². The fourth-order valence-corrected chi connectivity index (χ4v) is 3.04. The molecule has 0 aliphatic heterocycles. The molecular formula is C13H18O4S. The smallest absolute Gasteiger partial charge is 0.321 e. The quantitative estimate of drug-likeness (QED) is 0.785. The van der Waals surface area contributed by atoms with Crippen molar-refractivity contribution in [3.05, 3.63) is 29.3 Å². The number of benzene rings is 1. The second-order valence-electron chi connectivity index (χ2n) is 4.57. The van der Waals surface area contributed by atoms with Gasteiger partial charge in [0.15, 0.2) is 15.6 Å². The van der Waals surface area contributed by atoms with E-state index in [0.717, 1.165) is 5.56 Å². The molecule has 0 N–H and O–H groups in total. The van der Waals surface area contributed by atoms with Crippen LogP contribution in [0.3, 0.4) is 0 Å². The zero-order valence-corrected chi connectivity index (χ0v) is 11.9. The summed E-state index contributed by atoms with van der Waals surface area (Å²) in [6, 6.07) is 5.02. The van der Waals surface area contributed by atoms with Gasteiger partial charge < -0.3 is 4.74 Å². The zero-order valence-electron chi connectivity index (χ0n) is 11.1. The Morgan fingerprint density at radius 2 is 1.89 bits per heavy atom. The summed E-state index contributed by atoms with van der Waals surface area (Å²) in [6.45, 7) is 6.97. The maximum absolute atomic E-state index is 12.1. The Morgan fingerprint density at radius 3 is 2.39 bits per heavy atom. The molecule has 1 aromatic rings. The number of carbonyl (C=O) groups is 1. The SMILES string of the molecule is Cc1ccc(S(=O)(=O)CC(=O)OC(C)C)c(C)c1. The van der Waals surface area contributed by atoms with E-state index in [-0.39, 0.29) is 11.0 Å². The third-order valence-corrected chi connectivity index (χ3v) is 4.08. The summed E-state index contributed by atoms with van der Waals surface area (Å²) in [7, 11) is -3.63. The summed E-state index contributed by atoms with van der Waals surface area (Å²) in [6.07, 6.45) is -0.313. The standard InChI is InChI=1S/C13H18O4S/c1-9(2)17-13(14)8-18(15,16)12-6-5-10(3)7-11(12)4/h5-7,9H,8H2,1-4H3. The number of esters is 1. The van der Waals surface area contributed by atoms with E-state index in [1.54, 1.807) is 32.9 Å². The Bertz CT molecular complexity index is 544. The zero-order chi connectivity index (χ0) is 13.9. The Balaban J connectivity index is 2.97. The van der Waals surface area contributed by atoms with E-state index in [1.165, 1.54) is 6.07 Å². The van der Waals surface area contributed by atoms with E-state index in [0.29, 0.717) is 5.56 Å². The molecule has 0 aromatic heterocycles. The van der Waals surface area contributed by atoms with Crippen molar-refractivity contribution in [3.63, 3.8) is 0 Å². The molecule has 1 rings (SSSR count). The van der Waals surface area contributed by atoms with Gasteiger partial charge in [0.25, 0.3) is 0 Å². The molecule has 0 aliphatic carbocycles. The Kier molecular flexibility index (Phi) is 4.51. The minimum atomic E-state index is -3.63. The van der Waals surface area contributed by atoms with Gasteiger partial charge in [-0.2, -0.15) is 0 Å². The average molecular weight is 270 g/mol. The van der Waals surface area contributed by atoms with Gasteiger partial charge in [-0.15, -0.1) is 0 Å². The first-order chi connectivity index (χ1) is 8.22. The molecule has 0 spiro atoms. The van der Waals surface area contributed by atoms with E-state index in [4.69, 9.17) is 4.74 Å². The summed E-state index contributed by atoms with van der Waals surface area (Å²) in [5.41, 5.74) is 1.63. The van der Waals surface area contributed by atoms with Gasteiger partial charge >= 0.3 is 5.97 Å². The van der Waals surface area contributed by atoms with Crippen molar-refractivity contribution < 1.29 is 17.9 Å². The van der Waals surface area contributed by atoms with Crippen molar-refractivity contribution in [2.45, 2.75) is 38.7 Å². The molecule has 0 saturated carbocycles. The predicted molar refractivity (Wildman–Crippen MR) is 69.2 cm³/mol. The number of rotatable bonds is 4. The first kappa shape index (κ1) is 14.7. The monoisotopic (exact) mass is 270 g/mol. The van der Waals surface area contributed by atoms with Crippen molar-refractivity contribution in [3.8, 4) is 0 Å². The average Bonchev–Trinajstić information content (AvgIpc) is 2.13. The van der Waals surface area contributed by atoms with E-state index in [1.807, 2.05) is 6.92 Å². The minimum Gasteiger partial charge on any atom is -0.462 e. The van der Waals surface area contributed by atoms with E-state index >= 15 is 0 Å². The summed E-state index contributed by atoms with van der Waals surface area (Å²) in [5, 5.41) is 0. The molecule has 18 heavy (non-hydrogen) atoms. The fourth-order valence-electron chi connectivity index (χ4n) is 1.68. The van der Waals surface area contributed by atoms with Gasteiger partial charge in [-0.1, -0.05) is 17.7 Å². The highest BCUT2D eigenvalue weighted by molar-refractivity contribution is 7.92. The van der Waals surface area contributed by atoms with Gasteiger partial charge in [-0.25, -0.2) is 8.42 Å². The van der Waals surface area contributed by atoms with Crippen LogP contribution in [0, 0.1) is 13.8 Å². The van der Waals surface area contributed by atoms with Crippen LogP contribution in [-0.2, 0) is 19.4 Å². The predicted octanol–water partition coefficient (Wildman–Crippen LogP) is 2.03. The third-order valence-electron chi connectivity index (χ3n) is 2.34. The Morgan fingerprint density at radius 1 is 1.28 bits per heavy atom. The number of hydrogen-bond donors (Lipinski definition) is 0. The maximum atomic E-state index is 12.1. The lowest BCUT2D eigenvalue weighted by atomic mass is 10.2. The molecular weight excluding hydrogens is 252 g/mol. The van der Waals surface area contributed by atoms with Crippen LogP contribution in [0.1, 0.15) is 25.0 Å². The van der Waals surface area contributed by atoms with Crippen LogP contribution < -0.4 is 0 Å². The molecule has 0 unspecified atom stereocenters. The van der Waals surface area contributed by atoms with Crippen LogP contribution >= 0.6 is 0 Å². The molecule has 0 radical (unpaired) electrons. The van der Waals surface area contributed by atoms with Crippen LogP contribution in [0.25, 0.3) is 0 Å². The third kappa shape index (κ3) is 3.84. The largest absolute Gasteiger partial charge is 0.462 e. The van der Waals surface area contributed by atoms with Gasteiger partial charge in [0.1, 0.15) is 0 Å². The Hall–Kier alpha value is -1.36.